The lowest BCUT2D eigenvalue weighted by atomic mass is 9.78. The standard InChI is InChI=1S/C33H39NO3.CH4/c1-3-23-10-12-25(22(2)19-23)13-14-27(35)20-24-11-15-31-29(21-24)32(28-8-4-5-9-30(28)34-31)33(36)26-7-6-17-37-18-16-26;/h4-5,8-10,12,19,24,26H,3,6-7,11,13-18,20-21H2,1-2H3;1H4. The van der Waals surface area contributed by atoms with Crippen molar-refractivity contribution in [2.45, 2.75) is 85.5 Å². The second-order valence-corrected chi connectivity index (χ2v) is 11.0. The first-order valence-corrected chi connectivity index (χ1v) is 14.2. The molecule has 1 aliphatic heterocycles. The SMILES string of the molecule is C.CCc1ccc(CCC(=O)CC2CCc3nc4ccccc4c(C(=O)C4CCCOCC4)c3C2)c(C)c1. The van der Waals surface area contributed by atoms with Crippen LogP contribution >= 0.6 is 0 Å². The third kappa shape index (κ3) is 6.23. The number of carbonyl (C=O) groups is 2. The quantitative estimate of drug-likeness (QED) is 0.294. The van der Waals surface area contributed by atoms with Crippen LogP contribution in [0.3, 0.4) is 0 Å². The van der Waals surface area contributed by atoms with Gasteiger partial charge >= 0.3 is 0 Å². The molecule has 2 aromatic carbocycles. The summed E-state index contributed by atoms with van der Waals surface area (Å²) in [5.41, 5.74) is 7.84. The van der Waals surface area contributed by atoms with Crippen molar-refractivity contribution in [1.82, 2.24) is 4.98 Å². The Hall–Kier alpha value is -2.85. The number of benzene rings is 2. The van der Waals surface area contributed by atoms with E-state index in [4.69, 9.17) is 9.72 Å². The molecule has 1 saturated heterocycles. The van der Waals surface area contributed by atoms with Crippen molar-refractivity contribution in [3.05, 3.63) is 76.0 Å². The van der Waals surface area contributed by atoms with E-state index in [9.17, 15) is 9.59 Å². The highest BCUT2D eigenvalue weighted by Gasteiger charge is 2.31. The van der Waals surface area contributed by atoms with Crippen molar-refractivity contribution in [3.8, 4) is 0 Å². The topological polar surface area (TPSA) is 56.3 Å². The minimum absolute atomic E-state index is 0. The third-order valence-corrected chi connectivity index (χ3v) is 8.43. The molecule has 2 atom stereocenters. The molecule has 1 aliphatic carbocycles. The predicted octanol–water partition coefficient (Wildman–Crippen LogP) is 7.44. The van der Waals surface area contributed by atoms with Crippen LogP contribution in [0.25, 0.3) is 10.9 Å². The first kappa shape index (κ1) is 28.2. The van der Waals surface area contributed by atoms with Crippen LogP contribution < -0.4 is 0 Å². The molecule has 202 valence electrons. The van der Waals surface area contributed by atoms with Crippen LogP contribution in [-0.4, -0.2) is 29.8 Å². The number of hydrogen-bond donors (Lipinski definition) is 0. The van der Waals surface area contributed by atoms with Crippen molar-refractivity contribution < 1.29 is 14.3 Å². The highest BCUT2D eigenvalue weighted by molar-refractivity contribution is 6.10. The summed E-state index contributed by atoms with van der Waals surface area (Å²) < 4.78 is 5.64. The van der Waals surface area contributed by atoms with Gasteiger partial charge in [0.05, 0.1) is 5.52 Å². The molecule has 4 heteroatoms. The molecular weight excluding hydrogens is 470 g/mol. The summed E-state index contributed by atoms with van der Waals surface area (Å²) in [7, 11) is 0. The highest BCUT2D eigenvalue weighted by Crippen LogP contribution is 2.36. The number of carbonyl (C=O) groups excluding carboxylic acids is 2. The Labute approximate surface area is 228 Å². The van der Waals surface area contributed by atoms with Crippen molar-refractivity contribution >= 4 is 22.5 Å². The summed E-state index contributed by atoms with van der Waals surface area (Å²) in [5.74, 6) is 0.852. The normalized spacial score (nSPS) is 19.3. The number of aryl methyl sites for hydroxylation is 4. The summed E-state index contributed by atoms with van der Waals surface area (Å²) in [5, 5.41) is 0.967. The molecule has 0 amide bonds. The number of nitrogens with zero attached hydrogens (tertiary/aromatic N) is 1. The molecule has 0 bridgehead atoms. The van der Waals surface area contributed by atoms with Gasteiger partial charge in [-0.25, -0.2) is 0 Å². The average Bonchev–Trinajstić information content (AvgIpc) is 3.20. The molecule has 3 aromatic rings. The van der Waals surface area contributed by atoms with Gasteiger partial charge in [0.15, 0.2) is 5.78 Å². The average molecular weight is 514 g/mol. The number of para-hydroxylation sites is 1. The number of fused-ring (bicyclic) bond motifs is 2. The van der Waals surface area contributed by atoms with Crippen molar-refractivity contribution in [3.63, 3.8) is 0 Å². The number of hydrogen-bond acceptors (Lipinski definition) is 4. The van der Waals surface area contributed by atoms with Crippen molar-refractivity contribution in [2.24, 2.45) is 11.8 Å². The van der Waals surface area contributed by atoms with Gasteiger partial charge in [-0.1, -0.05) is 50.7 Å². The summed E-state index contributed by atoms with van der Waals surface area (Å²) in [6.07, 6.45) is 8.16. The maximum Gasteiger partial charge on any atom is 0.167 e. The molecule has 4 nitrogen and oxygen atoms in total. The molecule has 5 rings (SSSR count). The van der Waals surface area contributed by atoms with E-state index in [1.807, 2.05) is 24.3 Å². The van der Waals surface area contributed by atoms with Gasteiger partial charge in [-0.3, -0.25) is 14.6 Å². The van der Waals surface area contributed by atoms with Gasteiger partial charge in [-0.2, -0.15) is 0 Å². The highest BCUT2D eigenvalue weighted by atomic mass is 16.5. The molecule has 2 aliphatic rings. The number of aromatic nitrogens is 1. The first-order chi connectivity index (χ1) is 18.0. The minimum Gasteiger partial charge on any atom is -0.381 e. The number of rotatable bonds is 8. The van der Waals surface area contributed by atoms with Crippen molar-refractivity contribution in [2.75, 3.05) is 13.2 Å². The Morgan fingerprint density at radius 1 is 1.05 bits per heavy atom. The molecule has 0 saturated carbocycles. The predicted molar refractivity (Wildman–Crippen MR) is 155 cm³/mol. The molecule has 1 fully saturated rings. The van der Waals surface area contributed by atoms with E-state index >= 15 is 0 Å². The number of ketones is 2. The maximum atomic E-state index is 14.0. The molecule has 0 N–H and O–H groups in total. The van der Waals surface area contributed by atoms with Gasteiger partial charge in [0.1, 0.15) is 5.78 Å². The monoisotopic (exact) mass is 513 g/mol. The summed E-state index contributed by atoms with van der Waals surface area (Å²) >= 11 is 0. The van der Waals surface area contributed by atoms with E-state index in [1.165, 1.54) is 16.7 Å². The van der Waals surface area contributed by atoms with Gasteiger partial charge in [0.2, 0.25) is 0 Å². The van der Waals surface area contributed by atoms with Gasteiger partial charge in [-0.05, 0) is 92.5 Å². The van der Waals surface area contributed by atoms with Crippen molar-refractivity contribution in [1.29, 1.82) is 0 Å². The lowest BCUT2D eigenvalue weighted by Crippen LogP contribution is -2.24. The first-order valence-electron chi connectivity index (χ1n) is 14.2. The smallest absolute Gasteiger partial charge is 0.167 e. The van der Waals surface area contributed by atoms with E-state index in [0.717, 1.165) is 85.7 Å². The molecule has 0 radical (unpaired) electrons. The zero-order valence-electron chi connectivity index (χ0n) is 22.4. The van der Waals surface area contributed by atoms with Crippen LogP contribution in [0.1, 0.15) is 91.2 Å². The van der Waals surface area contributed by atoms with Gasteiger partial charge in [0.25, 0.3) is 0 Å². The zero-order valence-corrected chi connectivity index (χ0v) is 22.4. The van der Waals surface area contributed by atoms with Crippen LogP contribution in [0.2, 0.25) is 0 Å². The van der Waals surface area contributed by atoms with Gasteiger partial charge < -0.3 is 4.74 Å². The molecule has 0 spiro atoms. The van der Waals surface area contributed by atoms with Crippen LogP contribution in [0.15, 0.2) is 42.5 Å². The summed E-state index contributed by atoms with van der Waals surface area (Å²) in [6.45, 7) is 5.71. The van der Waals surface area contributed by atoms with E-state index in [1.54, 1.807) is 0 Å². The van der Waals surface area contributed by atoms with E-state index in [2.05, 4.69) is 32.0 Å². The zero-order chi connectivity index (χ0) is 25.8. The summed E-state index contributed by atoms with van der Waals surface area (Å²) in [4.78, 5) is 32.0. The van der Waals surface area contributed by atoms with Gasteiger partial charge in [0, 0.05) is 48.6 Å². The Morgan fingerprint density at radius 3 is 2.71 bits per heavy atom. The molecular formula is C34H43NO3. The fourth-order valence-electron chi connectivity index (χ4n) is 6.24. The largest absolute Gasteiger partial charge is 0.381 e. The second kappa shape index (κ2) is 12.8. The molecule has 38 heavy (non-hydrogen) atoms. The number of pyridine rings is 1. The number of ether oxygens (including phenoxy) is 1. The Bertz CT molecular complexity index is 1290. The van der Waals surface area contributed by atoms with Crippen LogP contribution in [0.4, 0.5) is 0 Å². The fourth-order valence-corrected chi connectivity index (χ4v) is 6.24. The van der Waals surface area contributed by atoms with Crippen LogP contribution in [0, 0.1) is 18.8 Å². The van der Waals surface area contributed by atoms with Crippen LogP contribution in [-0.2, 0) is 35.2 Å². The van der Waals surface area contributed by atoms with E-state index in [-0.39, 0.29) is 25.0 Å². The lowest BCUT2D eigenvalue weighted by molar-refractivity contribution is -0.120. The summed E-state index contributed by atoms with van der Waals surface area (Å²) in [6, 6.07) is 14.7. The van der Waals surface area contributed by atoms with Gasteiger partial charge in [-0.15, -0.1) is 0 Å². The molecule has 1 aromatic heterocycles. The maximum absolute atomic E-state index is 14.0. The molecule has 2 unspecified atom stereocenters. The number of Topliss-reactive ketones (excluding diaryl/α,β-unsaturated/α-hetero) is 2. The Kier molecular flexibility index (Phi) is 9.49. The van der Waals surface area contributed by atoms with Crippen LogP contribution in [0.5, 0.6) is 0 Å². The lowest BCUT2D eigenvalue weighted by Gasteiger charge is -2.27. The van der Waals surface area contributed by atoms with E-state index in [0.29, 0.717) is 25.2 Å². The Morgan fingerprint density at radius 2 is 1.89 bits per heavy atom. The molecule has 2 heterocycles. The van der Waals surface area contributed by atoms with E-state index < -0.39 is 0 Å². The third-order valence-electron chi connectivity index (χ3n) is 8.43. The fraction of sp³-hybridized carbons (Fsp3) is 0.500. The second-order valence-electron chi connectivity index (χ2n) is 11.0. The Balaban J connectivity index is 0.00000336. The minimum atomic E-state index is 0.